The second-order valence-corrected chi connectivity index (χ2v) is 6.87. The Morgan fingerprint density at radius 3 is 2.54 bits per heavy atom. The van der Waals surface area contributed by atoms with Crippen LogP contribution in [0.25, 0.3) is 0 Å². The summed E-state index contributed by atoms with van der Waals surface area (Å²) in [6.45, 7) is 1.76. The van der Waals surface area contributed by atoms with E-state index < -0.39 is 17.4 Å². The van der Waals surface area contributed by atoms with Gasteiger partial charge >= 0.3 is 0 Å². The largest absolute Gasteiger partial charge is 0.396 e. The highest BCUT2D eigenvalue weighted by Gasteiger charge is 2.51. The maximum Gasteiger partial charge on any atom is 0.264 e. The predicted octanol–water partition coefficient (Wildman–Crippen LogP) is 2.72. The van der Waals surface area contributed by atoms with Crippen molar-refractivity contribution < 1.29 is 19.8 Å². The minimum Gasteiger partial charge on any atom is -0.396 e. The van der Waals surface area contributed by atoms with Gasteiger partial charge in [0.1, 0.15) is 0 Å². The Kier molecular flexibility index (Phi) is 5.63. The van der Waals surface area contributed by atoms with E-state index in [0.717, 1.165) is 0 Å². The van der Waals surface area contributed by atoms with Crippen molar-refractivity contribution in [1.82, 2.24) is 0 Å². The maximum atomic E-state index is 12.9. The third-order valence-corrected chi connectivity index (χ3v) is 5.18. The second-order valence-electron chi connectivity index (χ2n) is 6.87. The normalized spacial score (nSPS) is 19.7. The number of aliphatic hydroxyl groups excluding tert-OH is 1. The minimum atomic E-state index is -1.74. The van der Waals surface area contributed by atoms with Gasteiger partial charge in [-0.3, -0.25) is 14.5 Å². The molecule has 28 heavy (non-hydrogen) atoms. The molecule has 2 N–H and O–H groups in total. The number of nitrogens with zero attached hydrogens (tertiary/aromatic N) is 2. The molecule has 2 aromatic rings. The standard InChI is InChI=1S/C22H24N2O4/c1-16(8-6-7-13-25)22(28)19-14-18(11-12-20(19)23(2)21(22)27)24(15-26)17-9-4-3-5-10-17/h3-6,8-12,14-16,25,28H,7,13H2,1-2H3/b8-6+/t16-,22+/m1/s1. The first-order chi connectivity index (χ1) is 13.4. The number of anilines is 3. The van der Waals surface area contributed by atoms with E-state index in [1.807, 2.05) is 30.3 Å². The molecule has 2 atom stereocenters. The molecule has 0 saturated heterocycles. The van der Waals surface area contributed by atoms with E-state index in [-0.39, 0.29) is 6.61 Å². The highest BCUT2D eigenvalue weighted by Crippen LogP contribution is 2.46. The number of likely N-dealkylation sites (N-methyl/N-ethyl adjacent to an activating group) is 1. The lowest BCUT2D eigenvalue weighted by Gasteiger charge is -2.27. The van der Waals surface area contributed by atoms with Crippen LogP contribution in [0.2, 0.25) is 0 Å². The van der Waals surface area contributed by atoms with Crippen LogP contribution in [-0.2, 0) is 15.2 Å². The Morgan fingerprint density at radius 2 is 1.89 bits per heavy atom. The van der Waals surface area contributed by atoms with Gasteiger partial charge in [-0.15, -0.1) is 0 Å². The van der Waals surface area contributed by atoms with Gasteiger partial charge in [0.25, 0.3) is 5.91 Å². The number of rotatable bonds is 7. The molecule has 1 aliphatic heterocycles. The van der Waals surface area contributed by atoms with E-state index in [4.69, 9.17) is 5.11 Å². The first-order valence-corrected chi connectivity index (χ1v) is 9.17. The Hall–Kier alpha value is -2.96. The number of hydrogen-bond donors (Lipinski definition) is 2. The Morgan fingerprint density at radius 1 is 1.18 bits per heavy atom. The van der Waals surface area contributed by atoms with Crippen LogP contribution in [0.4, 0.5) is 17.1 Å². The summed E-state index contributed by atoms with van der Waals surface area (Å²) in [5.41, 5.74) is 0.582. The zero-order valence-corrected chi connectivity index (χ0v) is 15.9. The summed E-state index contributed by atoms with van der Waals surface area (Å²) in [4.78, 5) is 27.5. The van der Waals surface area contributed by atoms with Gasteiger partial charge in [-0.05, 0) is 36.8 Å². The van der Waals surface area contributed by atoms with Crippen LogP contribution in [0.1, 0.15) is 18.9 Å². The highest BCUT2D eigenvalue weighted by molar-refractivity contribution is 6.07. The molecule has 0 bridgehead atoms. The summed E-state index contributed by atoms with van der Waals surface area (Å²) in [6, 6.07) is 14.3. The van der Waals surface area contributed by atoms with E-state index in [0.29, 0.717) is 35.5 Å². The Labute approximate surface area is 164 Å². The number of benzene rings is 2. The molecule has 0 spiro atoms. The fourth-order valence-electron chi connectivity index (χ4n) is 3.57. The first-order valence-electron chi connectivity index (χ1n) is 9.17. The van der Waals surface area contributed by atoms with Crippen molar-refractivity contribution in [3.63, 3.8) is 0 Å². The van der Waals surface area contributed by atoms with Crippen molar-refractivity contribution in [2.24, 2.45) is 5.92 Å². The van der Waals surface area contributed by atoms with Crippen LogP contribution in [0.15, 0.2) is 60.7 Å². The third-order valence-electron chi connectivity index (χ3n) is 5.18. The van der Waals surface area contributed by atoms with Crippen molar-refractivity contribution in [2.45, 2.75) is 18.9 Å². The van der Waals surface area contributed by atoms with Gasteiger partial charge in [-0.25, -0.2) is 0 Å². The molecular formula is C22H24N2O4. The zero-order valence-electron chi connectivity index (χ0n) is 15.9. The van der Waals surface area contributed by atoms with Crippen LogP contribution in [0.5, 0.6) is 0 Å². The fraction of sp³-hybridized carbons (Fsp3) is 0.273. The van der Waals surface area contributed by atoms with E-state index >= 15 is 0 Å². The summed E-state index contributed by atoms with van der Waals surface area (Å²) < 4.78 is 0. The molecule has 1 heterocycles. The fourth-order valence-corrected chi connectivity index (χ4v) is 3.57. The van der Waals surface area contributed by atoms with Crippen LogP contribution < -0.4 is 9.80 Å². The lowest BCUT2D eigenvalue weighted by molar-refractivity contribution is -0.139. The topological polar surface area (TPSA) is 81.1 Å². The van der Waals surface area contributed by atoms with Crippen LogP contribution >= 0.6 is 0 Å². The summed E-state index contributed by atoms with van der Waals surface area (Å²) in [7, 11) is 1.62. The number of para-hydroxylation sites is 1. The molecule has 146 valence electrons. The monoisotopic (exact) mass is 380 g/mol. The maximum absolute atomic E-state index is 12.9. The molecule has 0 aliphatic carbocycles. The number of carbonyl (C=O) groups is 2. The molecule has 3 rings (SSSR count). The van der Waals surface area contributed by atoms with E-state index in [1.54, 1.807) is 44.3 Å². The third kappa shape index (κ3) is 3.21. The quantitative estimate of drug-likeness (QED) is 0.572. The molecule has 0 radical (unpaired) electrons. The van der Waals surface area contributed by atoms with Crippen molar-refractivity contribution >= 4 is 29.4 Å². The molecular weight excluding hydrogens is 356 g/mol. The van der Waals surface area contributed by atoms with Gasteiger partial charge in [0, 0.05) is 36.5 Å². The summed E-state index contributed by atoms with van der Waals surface area (Å²) in [5.74, 6) is -0.926. The number of aliphatic hydroxyl groups is 2. The van der Waals surface area contributed by atoms with Gasteiger partial charge in [-0.1, -0.05) is 37.3 Å². The number of fused-ring (bicyclic) bond motifs is 1. The minimum absolute atomic E-state index is 0.00159. The number of hydrogen-bond acceptors (Lipinski definition) is 4. The van der Waals surface area contributed by atoms with Gasteiger partial charge in [0.15, 0.2) is 5.60 Å². The van der Waals surface area contributed by atoms with E-state index in [2.05, 4.69) is 0 Å². The number of carbonyl (C=O) groups excluding carboxylic acids is 2. The molecule has 0 saturated carbocycles. The molecule has 0 aromatic heterocycles. The number of amides is 2. The molecule has 2 amide bonds. The Balaban J connectivity index is 2.07. The molecule has 0 fully saturated rings. The summed E-state index contributed by atoms with van der Waals surface area (Å²) >= 11 is 0. The first kappa shape index (κ1) is 19.8. The smallest absolute Gasteiger partial charge is 0.264 e. The second kappa shape index (κ2) is 7.96. The van der Waals surface area contributed by atoms with Gasteiger partial charge in [0.2, 0.25) is 6.41 Å². The highest BCUT2D eigenvalue weighted by atomic mass is 16.3. The zero-order chi connectivity index (χ0) is 20.3. The van der Waals surface area contributed by atoms with Crippen molar-refractivity contribution in [3.8, 4) is 0 Å². The van der Waals surface area contributed by atoms with Gasteiger partial charge in [-0.2, -0.15) is 0 Å². The Bertz CT molecular complexity index is 897. The predicted molar refractivity (Wildman–Crippen MR) is 108 cm³/mol. The average Bonchev–Trinajstić information content (AvgIpc) is 2.91. The molecule has 2 aromatic carbocycles. The molecule has 1 aliphatic rings. The van der Waals surface area contributed by atoms with Crippen LogP contribution in [-0.4, -0.2) is 36.2 Å². The summed E-state index contributed by atoms with van der Waals surface area (Å²) in [6.07, 6.45) is 4.64. The molecule has 0 unspecified atom stereocenters. The van der Waals surface area contributed by atoms with Crippen molar-refractivity contribution in [2.75, 3.05) is 23.5 Å². The van der Waals surface area contributed by atoms with Crippen LogP contribution in [0.3, 0.4) is 0 Å². The average molecular weight is 380 g/mol. The SMILES string of the molecule is C[C@H](/C=C/CCO)[C@@]1(O)C(=O)N(C)c2ccc(N(C=O)c3ccccc3)cc21. The van der Waals surface area contributed by atoms with Crippen molar-refractivity contribution in [1.29, 1.82) is 0 Å². The lowest BCUT2D eigenvalue weighted by atomic mass is 9.82. The molecule has 6 heteroatoms. The summed E-state index contributed by atoms with van der Waals surface area (Å²) in [5, 5.41) is 20.4. The van der Waals surface area contributed by atoms with Gasteiger partial charge < -0.3 is 15.1 Å². The van der Waals surface area contributed by atoms with Crippen molar-refractivity contribution in [3.05, 3.63) is 66.2 Å². The van der Waals surface area contributed by atoms with Gasteiger partial charge in [0.05, 0.1) is 5.69 Å². The van der Waals surface area contributed by atoms with E-state index in [9.17, 15) is 14.7 Å². The van der Waals surface area contributed by atoms with Crippen LogP contribution in [0, 0.1) is 5.92 Å². The molecule has 6 nitrogen and oxygen atoms in total. The lowest BCUT2D eigenvalue weighted by Crippen LogP contribution is -2.43. The van der Waals surface area contributed by atoms with E-state index in [1.165, 1.54) is 9.80 Å².